The first-order valence-electron chi connectivity index (χ1n) is 9.96. The van der Waals surface area contributed by atoms with Crippen molar-refractivity contribution in [3.05, 3.63) is 89.4 Å². The van der Waals surface area contributed by atoms with Crippen LogP contribution in [0.25, 0.3) is 10.9 Å². The molecule has 5 rings (SSSR count). The molecular weight excluding hydrogens is 376 g/mol. The summed E-state index contributed by atoms with van der Waals surface area (Å²) in [5.41, 5.74) is 3.47. The molecule has 30 heavy (non-hydrogen) atoms. The molecule has 1 N–H and O–H groups in total. The third kappa shape index (κ3) is 3.01. The predicted molar refractivity (Wildman–Crippen MR) is 114 cm³/mol. The number of amides is 1. The van der Waals surface area contributed by atoms with E-state index in [0.29, 0.717) is 24.3 Å². The van der Waals surface area contributed by atoms with E-state index in [1.54, 1.807) is 10.9 Å². The van der Waals surface area contributed by atoms with Crippen molar-refractivity contribution in [2.24, 2.45) is 7.05 Å². The molecule has 0 aliphatic carbocycles. The first-order chi connectivity index (χ1) is 14.5. The molecule has 1 aliphatic heterocycles. The van der Waals surface area contributed by atoms with E-state index in [2.05, 4.69) is 39.7 Å². The molecule has 3 heterocycles. The maximum atomic E-state index is 13.4. The normalized spacial score (nSPS) is 17.9. The van der Waals surface area contributed by atoms with Crippen LogP contribution in [0.5, 0.6) is 5.75 Å². The van der Waals surface area contributed by atoms with Gasteiger partial charge in [0.15, 0.2) is 0 Å². The number of nitrogens with zero attached hydrogens (tertiary/aromatic N) is 3. The van der Waals surface area contributed by atoms with Crippen LogP contribution in [0.15, 0.2) is 67.0 Å². The Labute approximate surface area is 174 Å². The monoisotopic (exact) mass is 398 g/mol. The Balaban J connectivity index is 1.60. The fourth-order valence-electron chi connectivity index (χ4n) is 4.12. The molecule has 0 saturated heterocycles. The molecule has 0 saturated carbocycles. The first kappa shape index (κ1) is 18.4. The van der Waals surface area contributed by atoms with Crippen molar-refractivity contribution in [1.82, 2.24) is 20.1 Å². The van der Waals surface area contributed by atoms with Crippen LogP contribution in [0, 0.1) is 6.92 Å². The summed E-state index contributed by atoms with van der Waals surface area (Å²) >= 11 is 0. The van der Waals surface area contributed by atoms with Crippen molar-refractivity contribution >= 4 is 16.8 Å². The van der Waals surface area contributed by atoms with Gasteiger partial charge in [-0.3, -0.25) is 14.5 Å². The summed E-state index contributed by atoms with van der Waals surface area (Å²) in [7, 11) is 1.87. The number of hydrogen-bond acceptors (Lipinski definition) is 4. The number of fused-ring (bicyclic) bond motifs is 2. The van der Waals surface area contributed by atoms with E-state index in [1.807, 2.05) is 50.5 Å². The van der Waals surface area contributed by atoms with Gasteiger partial charge in [-0.25, -0.2) is 0 Å². The molecule has 2 aromatic heterocycles. The average molecular weight is 398 g/mol. The zero-order valence-corrected chi connectivity index (χ0v) is 16.9. The van der Waals surface area contributed by atoms with Crippen LogP contribution >= 0.6 is 0 Å². The van der Waals surface area contributed by atoms with Gasteiger partial charge in [-0.1, -0.05) is 35.9 Å². The third-order valence-electron chi connectivity index (χ3n) is 5.66. The highest BCUT2D eigenvalue weighted by molar-refractivity contribution is 5.98. The van der Waals surface area contributed by atoms with Gasteiger partial charge in [0.1, 0.15) is 17.0 Å². The molecule has 0 radical (unpaired) electrons. The van der Waals surface area contributed by atoms with Crippen LogP contribution in [0.3, 0.4) is 0 Å². The molecule has 150 valence electrons. The van der Waals surface area contributed by atoms with Crippen LogP contribution in [0.2, 0.25) is 0 Å². The lowest BCUT2D eigenvalue weighted by Crippen LogP contribution is -2.50. The first-order valence-corrected chi connectivity index (χ1v) is 9.96. The molecule has 6 heteroatoms. The van der Waals surface area contributed by atoms with Gasteiger partial charge < -0.3 is 10.1 Å². The van der Waals surface area contributed by atoms with Crippen molar-refractivity contribution in [3.8, 4) is 5.75 Å². The third-order valence-corrected chi connectivity index (χ3v) is 5.66. The zero-order valence-electron chi connectivity index (χ0n) is 16.9. The van der Waals surface area contributed by atoms with Crippen LogP contribution in [-0.2, 0) is 12.6 Å². The summed E-state index contributed by atoms with van der Waals surface area (Å²) in [4.78, 5) is 18.0. The minimum absolute atomic E-state index is 0.165. The summed E-state index contributed by atoms with van der Waals surface area (Å²) in [6, 6.07) is 17.6. The van der Waals surface area contributed by atoms with Gasteiger partial charge in [-0.15, -0.1) is 0 Å². The van der Waals surface area contributed by atoms with Crippen molar-refractivity contribution in [1.29, 1.82) is 0 Å². The molecule has 1 amide bonds. The predicted octanol–water partition coefficient (Wildman–Crippen LogP) is 3.73. The molecule has 0 bridgehead atoms. The summed E-state index contributed by atoms with van der Waals surface area (Å²) in [5.74, 6) is 0.534. The van der Waals surface area contributed by atoms with E-state index >= 15 is 0 Å². The van der Waals surface area contributed by atoms with Crippen molar-refractivity contribution in [3.63, 3.8) is 0 Å². The number of aryl methyl sites for hydroxylation is 2. The Morgan fingerprint density at radius 3 is 2.83 bits per heavy atom. The van der Waals surface area contributed by atoms with E-state index in [0.717, 1.165) is 27.7 Å². The fourth-order valence-corrected chi connectivity index (χ4v) is 4.12. The number of rotatable bonds is 3. The highest BCUT2D eigenvalue weighted by atomic mass is 16.5. The van der Waals surface area contributed by atoms with Gasteiger partial charge in [-0.2, -0.15) is 5.10 Å². The number of carbonyl (C=O) groups excluding carboxylic acids is 1. The number of pyridine rings is 1. The zero-order chi connectivity index (χ0) is 20.7. The number of carbonyl (C=O) groups is 1. The molecule has 1 aliphatic rings. The molecular formula is C24H22N4O2. The maximum absolute atomic E-state index is 13.4. The number of benzene rings is 2. The average Bonchev–Trinajstić information content (AvgIpc) is 3.13. The topological polar surface area (TPSA) is 69.0 Å². The number of hydrogen-bond donors (Lipinski definition) is 1. The van der Waals surface area contributed by atoms with Crippen LogP contribution in [0.4, 0.5) is 0 Å². The highest BCUT2D eigenvalue weighted by Gasteiger charge is 2.42. The minimum Gasteiger partial charge on any atom is -0.491 e. The van der Waals surface area contributed by atoms with Crippen LogP contribution in [-0.4, -0.2) is 27.3 Å². The highest BCUT2D eigenvalue weighted by Crippen LogP contribution is 2.40. The largest absolute Gasteiger partial charge is 0.491 e. The molecule has 1 atom stereocenters. The minimum atomic E-state index is -0.765. The quantitative estimate of drug-likeness (QED) is 0.571. The van der Waals surface area contributed by atoms with Gasteiger partial charge in [0, 0.05) is 36.8 Å². The lowest BCUT2D eigenvalue weighted by molar-refractivity contribution is 0.0884. The summed E-state index contributed by atoms with van der Waals surface area (Å²) in [6.07, 6.45) is 4.27. The summed E-state index contributed by atoms with van der Waals surface area (Å²) in [5, 5.41) is 8.72. The molecule has 2 aromatic carbocycles. The SMILES string of the molecule is Cc1ccc([C@@]2(NC(=O)c3ccc4cn(C)nc4c3)CCOc3cccnc32)cc1. The van der Waals surface area contributed by atoms with Crippen molar-refractivity contribution in [2.75, 3.05) is 6.61 Å². The van der Waals surface area contributed by atoms with E-state index in [-0.39, 0.29) is 5.91 Å². The van der Waals surface area contributed by atoms with Gasteiger partial charge in [-0.05, 0) is 36.8 Å². The summed E-state index contributed by atoms with van der Waals surface area (Å²) in [6.45, 7) is 2.54. The van der Waals surface area contributed by atoms with Gasteiger partial charge in [0.05, 0.1) is 12.1 Å². The van der Waals surface area contributed by atoms with Crippen LogP contribution < -0.4 is 10.1 Å². The standard InChI is InChI=1S/C24H22N4O2/c1-16-5-9-19(10-6-16)24(11-13-30-21-4-3-12-25-22(21)24)26-23(29)17-7-8-18-15-28(2)27-20(18)14-17/h3-10,12,14-15H,11,13H2,1-2H3,(H,26,29)/t24-/m0/s1. The maximum Gasteiger partial charge on any atom is 0.252 e. The summed E-state index contributed by atoms with van der Waals surface area (Å²) < 4.78 is 7.59. The Hall–Kier alpha value is -3.67. The van der Waals surface area contributed by atoms with E-state index in [1.165, 1.54) is 0 Å². The lowest BCUT2D eigenvalue weighted by atomic mass is 9.81. The smallest absolute Gasteiger partial charge is 0.252 e. The van der Waals surface area contributed by atoms with Crippen molar-refractivity contribution in [2.45, 2.75) is 18.9 Å². The van der Waals surface area contributed by atoms with Crippen LogP contribution in [0.1, 0.15) is 33.6 Å². The van der Waals surface area contributed by atoms with Crippen molar-refractivity contribution < 1.29 is 9.53 Å². The second-order valence-electron chi connectivity index (χ2n) is 7.75. The molecule has 0 spiro atoms. The molecule has 6 nitrogen and oxygen atoms in total. The number of nitrogens with one attached hydrogen (secondary N) is 1. The Morgan fingerprint density at radius 1 is 1.17 bits per heavy atom. The van der Waals surface area contributed by atoms with Gasteiger partial charge in [0.2, 0.25) is 0 Å². The van der Waals surface area contributed by atoms with E-state index in [9.17, 15) is 4.79 Å². The van der Waals surface area contributed by atoms with Gasteiger partial charge in [0.25, 0.3) is 5.91 Å². The molecule has 0 fully saturated rings. The number of ether oxygens (including phenoxy) is 1. The Kier molecular flexibility index (Phi) is 4.28. The fraction of sp³-hybridized carbons (Fsp3) is 0.208. The second-order valence-corrected chi connectivity index (χ2v) is 7.75. The van der Waals surface area contributed by atoms with Gasteiger partial charge >= 0.3 is 0 Å². The van der Waals surface area contributed by atoms with E-state index in [4.69, 9.17) is 4.74 Å². The Morgan fingerprint density at radius 2 is 2.00 bits per heavy atom. The molecule has 4 aromatic rings. The second kappa shape index (κ2) is 6.99. The number of aromatic nitrogens is 3. The molecule has 0 unspecified atom stereocenters. The Bertz CT molecular complexity index is 1250. The van der Waals surface area contributed by atoms with E-state index < -0.39 is 5.54 Å². The lowest BCUT2D eigenvalue weighted by Gasteiger charge is -2.39.